The summed E-state index contributed by atoms with van der Waals surface area (Å²) in [5.41, 5.74) is 0.833. The number of sulfone groups is 1. The number of amides is 3. The highest BCUT2D eigenvalue weighted by atomic mass is 32.2. The quantitative estimate of drug-likeness (QED) is 0.696. The molecule has 4 rings (SSSR count). The standard InChI is InChI=1S/C20H24N2O5S/c1-28(26,27)15-11-13-8-9-14(12-15)22(13)18(23)7-4-10-21-19(24)16-5-2-3-6-17(16)20(21)25/h2-3,5-6,13-15H,4,7-12H2,1H3. The van der Waals surface area contributed by atoms with Gasteiger partial charge in [0.25, 0.3) is 11.8 Å². The van der Waals surface area contributed by atoms with Crippen LogP contribution in [0.25, 0.3) is 0 Å². The van der Waals surface area contributed by atoms with Crippen LogP contribution in [-0.2, 0) is 14.6 Å². The molecular formula is C20H24N2O5S. The highest BCUT2D eigenvalue weighted by molar-refractivity contribution is 7.91. The summed E-state index contributed by atoms with van der Waals surface area (Å²) >= 11 is 0. The van der Waals surface area contributed by atoms with Crippen LogP contribution in [0.2, 0.25) is 0 Å². The van der Waals surface area contributed by atoms with Crippen LogP contribution in [0.15, 0.2) is 24.3 Å². The molecule has 2 fully saturated rings. The first-order valence-corrected chi connectivity index (χ1v) is 11.7. The minimum absolute atomic E-state index is 0.00365. The van der Waals surface area contributed by atoms with Crippen molar-refractivity contribution in [2.24, 2.45) is 0 Å². The molecule has 2 atom stereocenters. The second-order valence-corrected chi connectivity index (χ2v) is 10.3. The largest absolute Gasteiger partial charge is 0.337 e. The van der Waals surface area contributed by atoms with Gasteiger partial charge in [-0.15, -0.1) is 0 Å². The molecule has 2 bridgehead atoms. The zero-order chi connectivity index (χ0) is 20.1. The Hall–Kier alpha value is -2.22. The van der Waals surface area contributed by atoms with Crippen molar-refractivity contribution in [3.05, 3.63) is 35.4 Å². The molecule has 0 saturated carbocycles. The van der Waals surface area contributed by atoms with Crippen LogP contribution in [0.1, 0.15) is 59.2 Å². The van der Waals surface area contributed by atoms with Crippen molar-refractivity contribution in [3.8, 4) is 0 Å². The van der Waals surface area contributed by atoms with Crippen LogP contribution < -0.4 is 0 Å². The van der Waals surface area contributed by atoms with E-state index in [1.165, 1.54) is 11.2 Å². The first kappa shape index (κ1) is 19.1. The van der Waals surface area contributed by atoms with Crippen LogP contribution in [0.3, 0.4) is 0 Å². The molecule has 3 aliphatic rings. The Bertz CT molecular complexity index is 893. The van der Waals surface area contributed by atoms with Gasteiger partial charge in [0, 0.05) is 31.3 Å². The van der Waals surface area contributed by atoms with Gasteiger partial charge in [-0.1, -0.05) is 12.1 Å². The van der Waals surface area contributed by atoms with Crippen LogP contribution in [0.5, 0.6) is 0 Å². The zero-order valence-electron chi connectivity index (χ0n) is 15.8. The van der Waals surface area contributed by atoms with E-state index in [9.17, 15) is 22.8 Å². The molecule has 150 valence electrons. The number of carbonyl (C=O) groups is 3. The van der Waals surface area contributed by atoms with Crippen LogP contribution in [-0.4, -0.2) is 66.1 Å². The van der Waals surface area contributed by atoms with Gasteiger partial charge in [0.05, 0.1) is 16.4 Å². The lowest BCUT2D eigenvalue weighted by Crippen LogP contribution is -2.49. The molecule has 0 aliphatic carbocycles. The maximum Gasteiger partial charge on any atom is 0.261 e. The van der Waals surface area contributed by atoms with Crippen molar-refractivity contribution in [1.29, 1.82) is 0 Å². The SMILES string of the molecule is CS(=O)(=O)C1CC2CCC(C1)N2C(=O)CCCN1C(=O)c2ccccc2C1=O. The van der Waals surface area contributed by atoms with Gasteiger partial charge in [0.15, 0.2) is 0 Å². The molecule has 0 spiro atoms. The van der Waals surface area contributed by atoms with Gasteiger partial charge in [-0.3, -0.25) is 19.3 Å². The van der Waals surface area contributed by atoms with Gasteiger partial charge in [0.1, 0.15) is 9.84 Å². The molecule has 28 heavy (non-hydrogen) atoms. The number of piperidine rings is 1. The van der Waals surface area contributed by atoms with E-state index in [1.807, 2.05) is 4.90 Å². The van der Waals surface area contributed by atoms with Crippen molar-refractivity contribution in [3.63, 3.8) is 0 Å². The molecule has 1 aromatic rings. The Morgan fingerprint density at radius 1 is 1.04 bits per heavy atom. The van der Waals surface area contributed by atoms with Gasteiger partial charge in [-0.25, -0.2) is 8.42 Å². The Morgan fingerprint density at radius 2 is 1.57 bits per heavy atom. The van der Waals surface area contributed by atoms with Crippen LogP contribution in [0.4, 0.5) is 0 Å². The third kappa shape index (κ3) is 3.23. The third-order valence-electron chi connectivity index (χ3n) is 6.23. The first-order valence-electron chi connectivity index (χ1n) is 9.72. The lowest BCUT2D eigenvalue weighted by atomic mass is 10.0. The fourth-order valence-corrected chi connectivity index (χ4v) is 5.99. The molecule has 1 aromatic carbocycles. The van der Waals surface area contributed by atoms with E-state index >= 15 is 0 Å². The molecule has 3 aliphatic heterocycles. The average Bonchev–Trinajstić information content (AvgIpc) is 3.05. The number of hydrogen-bond donors (Lipinski definition) is 0. The first-order chi connectivity index (χ1) is 13.3. The summed E-state index contributed by atoms with van der Waals surface area (Å²) in [5, 5.41) is -0.354. The minimum atomic E-state index is -3.09. The summed E-state index contributed by atoms with van der Waals surface area (Å²) in [6.45, 7) is 0.216. The van der Waals surface area contributed by atoms with E-state index < -0.39 is 9.84 Å². The normalized spacial score (nSPS) is 26.7. The maximum absolute atomic E-state index is 12.8. The number of hydrogen-bond acceptors (Lipinski definition) is 5. The molecule has 0 N–H and O–H groups in total. The number of fused-ring (bicyclic) bond motifs is 3. The maximum atomic E-state index is 12.8. The van der Waals surface area contributed by atoms with Gasteiger partial charge < -0.3 is 4.90 Å². The summed E-state index contributed by atoms with van der Waals surface area (Å²) in [7, 11) is -3.09. The second-order valence-electron chi connectivity index (χ2n) is 8.02. The Labute approximate surface area is 164 Å². The fourth-order valence-electron chi connectivity index (χ4n) is 4.84. The second kappa shape index (κ2) is 6.99. The van der Waals surface area contributed by atoms with Crippen molar-refractivity contribution >= 4 is 27.6 Å². The van der Waals surface area contributed by atoms with E-state index in [-0.39, 0.29) is 48.0 Å². The monoisotopic (exact) mass is 404 g/mol. The van der Waals surface area contributed by atoms with Crippen LogP contribution >= 0.6 is 0 Å². The summed E-state index contributed by atoms with van der Waals surface area (Å²) in [6, 6.07) is 6.73. The fraction of sp³-hybridized carbons (Fsp3) is 0.550. The third-order valence-corrected chi connectivity index (χ3v) is 7.83. The number of rotatable bonds is 5. The molecule has 2 saturated heterocycles. The number of nitrogens with zero attached hydrogens (tertiary/aromatic N) is 2. The predicted molar refractivity (Wildman–Crippen MR) is 103 cm³/mol. The zero-order valence-corrected chi connectivity index (χ0v) is 16.7. The topological polar surface area (TPSA) is 91.8 Å². The van der Waals surface area contributed by atoms with Crippen LogP contribution in [0, 0.1) is 0 Å². The van der Waals surface area contributed by atoms with E-state index in [0.29, 0.717) is 30.4 Å². The number of imide groups is 1. The molecule has 3 heterocycles. The summed E-state index contributed by atoms with van der Waals surface area (Å²) in [6.07, 6.45) is 4.66. The summed E-state index contributed by atoms with van der Waals surface area (Å²) in [4.78, 5) is 40.6. The number of benzene rings is 1. The highest BCUT2D eigenvalue weighted by Crippen LogP contribution is 2.38. The Morgan fingerprint density at radius 3 is 2.07 bits per heavy atom. The highest BCUT2D eigenvalue weighted by Gasteiger charge is 2.45. The minimum Gasteiger partial charge on any atom is -0.337 e. The Kier molecular flexibility index (Phi) is 4.77. The van der Waals surface area contributed by atoms with Gasteiger partial charge >= 0.3 is 0 Å². The molecule has 0 radical (unpaired) electrons. The summed E-state index contributed by atoms with van der Waals surface area (Å²) < 4.78 is 23.8. The predicted octanol–water partition coefficient (Wildman–Crippen LogP) is 1.63. The molecule has 8 heteroatoms. The summed E-state index contributed by atoms with van der Waals surface area (Å²) in [5.74, 6) is -0.611. The van der Waals surface area contributed by atoms with Crippen molar-refractivity contribution in [2.45, 2.75) is 55.9 Å². The molecule has 7 nitrogen and oxygen atoms in total. The van der Waals surface area contributed by atoms with Crippen molar-refractivity contribution < 1.29 is 22.8 Å². The smallest absolute Gasteiger partial charge is 0.261 e. The van der Waals surface area contributed by atoms with E-state index in [4.69, 9.17) is 0 Å². The van der Waals surface area contributed by atoms with E-state index in [2.05, 4.69) is 0 Å². The Balaban J connectivity index is 1.34. The van der Waals surface area contributed by atoms with Crippen molar-refractivity contribution in [2.75, 3.05) is 12.8 Å². The lowest BCUT2D eigenvalue weighted by molar-refractivity contribution is -0.135. The van der Waals surface area contributed by atoms with E-state index in [0.717, 1.165) is 12.8 Å². The molecule has 3 amide bonds. The van der Waals surface area contributed by atoms with Gasteiger partial charge in [-0.05, 0) is 44.2 Å². The molecule has 2 unspecified atom stereocenters. The molecule has 0 aromatic heterocycles. The van der Waals surface area contributed by atoms with Gasteiger partial charge in [-0.2, -0.15) is 0 Å². The van der Waals surface area contributed by atoms with E-state index in [1.54, 1.807) is 24.3 Å². The number of carbonyl (C=O) groups excluding carboxylic acids is 3. The van der Waals surface area contributed by atoms with Crippen molar-refractivity contribution in [1.82, 2.24) is 9.80 Å². The lowest BCUT2D eigenvalue weighted by Gasteiger charge is -2.38. The average molecular weight is 404 g/mol. The van der Waals surface area contributed by atoms with Gasteiger partial charge in [0.2, 0.25) is 5.91 Å². The molecular weight excluding hydrogens is 380 g/mol.